The Kier molecular flexibility index (Phi) is 3.52. The number of carbonyl (C=O) groups excluding carboxylic acids is 1. The van der Waals surface area contributed by atoms with E-state index in [1.165, 1.54) is 0 Å². The standard InChI is InChI=1S/C15H15N3OS/c1-11-16-8-13(20-11)9-17-15(19)10-18-7-6-12-4-2-3-5-14(12)18/h2-8H,9-10H2,1H3,(H,17,19). The van der Waals surface area contributed by atoms with Gasteiger partial charge in [-0.3, -0.25) is 4.79 Å². The summed E-state index contributed by atoms with van der Waals surface area (Å²) in [6, 6.07) is 10.1. The van der Waals surface area contributed by atoms with Gasteiger partial charge in [0.25, 0.3) is 0 Å². The number of carbonyl (C=O) groups is 1. The van der Waals surface area contributed by atoms with E-state index in [9.17, 15) is 4.79 Å². The second-order valence-corrected chi connectivity index (χ2v) is 5.94. The highest BCUT2D eigenvalue weighted by Crippen LogP contribution is 2.15. The summed E-state index contributed by atoms with van der Waals surface area (Å²) in [4.78, 5) is 17.2. The third-order valence-electron chi connectivity index (χ3n) is 3.12. The molecule has 102 valence electrons. The van der Waals surface area contributed by atoms with Gasteiger partial charge >= 0.3 is 0 Å². The molecule has 1 aromatic carbocycles. The quantitative estimate of drug-likeness (QED) is 0.801. The first-order valence-electron chi connectivity index (χ1n) is 6.44. The average molecular weight is 285 g/mol. The fourth-order valence-corrected chi connectivity index (χ4v) is 2.90. The number of hydrogen-bond donors (Lipinski definition) is 1. The van der Waals surface area contributed by atoms with E-state index in [0.29, 0.717) is 13.1 Å². The number of thiazole rings is 1. The molecule has 2 heterocycles. The van der Waals surface area contributed by atoms with Crippen LogP contribution in [-0.2, 0) is 17.9 Å². The van der Waals surface area contributed by atoms with Crippen molar-refractivity contribution >= 4 is 28.1 Å². The van der Waals surface area contributed by atoms with Crippen LogP contribution < -0.4 is 5.32 Å². The molecule has 0 unspecified atom stereocenters. The monoisotopic (exact) mass is 285 g/mol. The number of fused-ring (bicyclic) bond motifs is 1. The molecule has 0 fully saturated rings. The summed E-state index contributed by atoms with van der Waals surface area (Å²) in [6.07, 6.45) is 3.76. The maximum absolute atomic E-state index is 12.0. The molecule has 3 rings (SSSR count). The Morgan fingerprint density at radius 2 is 2.20 bits per heavy atom. The van der Waals surface area contributed by atoms with E-state index in [4.69, 9.17) is 0 Å². The van der Waals surface area contributed by atoms with E-state index in [-0.39, 0.29) is 5.91 Å². The molecule has 5 heteroatoms. The number of aryl methyl sites for hydroxylation is 1. The molecule has 0 saturated carbocycles. The summed E-state index contributed by atoms with van der Waals surface area (Å²) in [5, 5.41) is 5.10. The number of hydrogen-bond acceptors (Lipinski definition) is 3. The lowest BCUT2D eigenvalue weighted by atomic mass is 10.2. The Hall–Kier alpha value is -2.14. The fraction of sp³-hybridized carbons (Fsp3) is 0.200. The molecule has 1 N–H and O–H groups in total. The molecule has 4 nitrogen and oxygen atoms in total. The molecule has 3 aromatic rings. The molecule has 0 spiro atoms. The predicted octanol–water partition coefficient (Wildman–Crippen LogP) is 2.72. The molecule has 0 radical (unpaired) electrons. The summed E-state index contributed by atoms with van der Waals surface area (Å²) < 4.78 is 1.96. The lowest BCUT2D eigenvalue weighted by Crippen LogP contribution is -2.26. The van der Waals surface area contributed by atoms with Crippen LogP contribution in [0.2, 0.25) is 0 Å². The minimum atomic E-state index is 0.0115. The van der Waals surface area contributed by atoms with Crippen LogP contribution in [0.1, 0.15) is 9.88 Å². The maximum atomic E-state index is 12.0. The number of aromatic nitrogens is 2. The SMILES string of the molecule is Cc1ncc(CNC(=O)Cn2ccc3ccccc32)s1. The maximum Gasteiger partial charge on any atom is 0.240 e. The van der Waals surface area contributed by atoms with E-state index in [1.807, 2.05) is 54.2 Å². The molecular weight excluding hydrogens is 270 g/mol. The molecule has 0 aliphatic heterocycles. The van der Waals surface area contributed by atoms with Crippen molar-refractivity contribution in [2.45, 2.75) is 20.0 Å². The summed E-state index contributed by atoms with van der Waals surface area (Å²) in [5.41, 5.74) is 1.08. The molecule has 0 saturated heterocycles. The van der Waals surface area contributed by atoms with E-state index in [0.717, 1.165) is 20.8 Å². The second kappa shape index (κ2) is 5.46. The zero-order chi connectivity index (χ0) is 13.9. The lowest BCUT2D eigenvalue weighted by molar-refractivity contribution is -0.121. The van der Waals surface area contributed by atoms with E-state index < -0.39 is 0 Å². The first kappa shape index (κ1) is 12.9. The molecule has 0 atom stereocenters. The van der Waals surface area contributed by atoms with Gasteiger partial charge in [-0.15, -0.1) is 11.3 Å². The average Bonchev–Trinajstić information content (AvgIpc) is 3.04. The summed E-state index contributed by atoms with van der Waals surface area (Å²) >= 11 is 1.61. The largest absolute Gasteiger partial charge is 0.350 e. The normalized spacial score (nSPS) is 10.8. The number of para-hydroxylation sites is 1. The number of rotatable bonds is 4. The van der Waals surface area contributed by atoms with Crippen LogP contribution in [0.5, 0.6) is 0 Å². The highest BCUT2D eigenvalue weighted by atomic mass is 32.1. The Balaban J connectivity index is 1.64. The lowest BCUT2D eigenvalue weighted by Gasteiger charge is -2.06. The van der Waals surface area contributed by atoms with Gasteiger partial charge in [-0.25, -0.2) is 4.98 Å². The highest BCUT2D eigenvalue weighted by molar-refractivity contribution is 7.11. The second-order valence-electron chi connectivity index (χ2n) is 4.62. The van der Waals surface area contributed by atoms with Gasteiger partial charge in [0, 0.05) is 22.8 Å². The van der Waals surface area contributed by atoms with Crippen molar-refractivity contribution < 1.29 is 4.79 Å². The Morgan fingerprint density at radius 3 is 3.00 bits per heavy atom. The van der Waals surface area contributed by atoms with Gasteiger partial charge < -0.3 is 9.88 Å². The van der Waals surface area contributed by atoms with E-state index in [1.54, 1.807) is 11.3 Å². The van der Waals surface area contributed by atoms with Crippen molar-refractivity contribution in [2.75, 3.05) is 0 Å². The summed E-state index contributed by atoms with van der Waals surface area (Å²) in [6.45, 7) is 2.84. The van der Waals surface area contributed by atoms with Crippen molar-refractivity contribution in [3.63, 3.8) is 0 Å². The van der Waals surface area contributed by atoms with Crippen molar-refractivity contribution in [3.8, 4) is 0 Å². The van der Waals surface area contributed by atoms with Crippen molar-refractivity contribution in [1.29, 1.82) is 0 Å². The molecular formula is C15H15N3OS. The van der Waals surface area contributed by atoms with Gasteiger partial charge in [-0.1, -0.05) is 18.2 Å². The highest BCUT2D eigenvalue weighted by Gasteiger charge is 2.06. The van der Waals surface area contributed by atoms with Gasteiger partial charge in [0.2, 0.25) is 5.91 Å². The smallest absolute Gasteiger partial charge is 0.240 e. The van der Waals surface area contributed by atoms with Gasteiger partial charge in [0.15, 0.2) is 0 Å². The number of benzene rings is 1. The zero-order valence-electron chi connectivity index (χ0n) is 11.2. The number of amides is 1. The molecule has 1 amide bonds. The van der Waals surface area contributed by atoms with Gasteiger partial charge in [0.1, 0.15) is 6.54 Å². The number of nitrogens with zero attached hydrogens (tertiary/aromatic N) is 2. The molecule has 0 aliphatic carbocycles. The van der Waals surface area contributed by atoms with Crippen LogP contribution in [0, 0.1) is 6.92 Å². The van der Waals surface area contributed by atoms with Crippen LogP contribution in [0.25, 0.3) is 10.9 Å². The van der Waals surface area contributed by atoms with E-state index >= 15 is 0 Å². The molecule has 0 bridgehead atoms. The molecule has 20 heavy (non-hydrogen) atoms. The third-order valence-corrected chi connectivity index (χ3v) is 4.04. The molecule has 2 aromatic heterocycles. The third kappa shape index (κ3) is 2.72. The molecule has 0 aliphatic rings. The predicted molar refractivity (Wildman–Crippen MR) is 80.6 cm³/mol. The van der Waals surface area contributed by atoms with Gasteiger partial charge in [-0.2, -0.15) is 0 Å². The van der Waals surface area contributed by atoms with E-state index in [2.05, 4.69) is 10.3 Å². The van der Waals surface area contributed by atoms with Crippen molar-refractivity contribution in [1.82, 2.24) is 14.9 Å². The van der Waals surface area contributed by atoms with Crippen molar-refractivity contribution in [3.05, 3.63) is 52.6 Å². The minimum absolute atomic E-state index is 0.0115. The van der Waals surface area contributed by atoms with Crippen LogP contribution in [0.15, 0.2) is 42.7 Å². The van der Waals surface area contributed by atoms with Crippen LogP contribution in [0.3, 0.4) is 0 Å². The van der Waals surface area contributed by atoms with Crippen LogP contribution in [-0.4, -0.2) is 15.5 Å². The Labute approximate surface area is 121 Å². The Bertz CT molecular complexity index is 744. The van der Waals surface area contributed by atoms with Gasteiger partial charge in [0.05, 0.1) is 11.6 Å². The van der Waals surface area contributed by atoms with Gasteiger partial charge in [-0.05, 0) is 24.4 Å². The summed E-state index contributed by atoms with van der Waals surface area (Å²) in [7, 11) is 0. The summed E-state index contributed by atoms with van der Waals surface area (Å²) in [5.74, 6) is 0.0115. The van der Waals surface area contributed by atoms with Crippen LogP contribution >= 0.6 is 11.3 Å². The van der Waals surface area contributed by atoms with Crippen LogP contribution in [0.4, 0.5) is 0 Å². The first-order valence-corrected chi connectivity index (χ1v) is 7.26. The first-order chi connectivity index (χ1) is 9.72. The fourth-order valence-electron chi connectivity index (χ4n) is 2.16. The number of nitrogens with one attached hydrogen (secondary N) is 1. The van der Waals surface area contributed by atoms with Crippen molar-refractivity contribution in [2.24, 2.45) is 0 Å². The topological polar surface area (TPSA) is 46.9 Å². The minimum Gasteiger partial charge on any atom is -0.350 e. The Morgan fingerprint density at radius 1 is 1.35 bits per heavy atom. The zero-order valence-corrected chi connectivity index (χ0v) is 12.0.